The van der Waals surface area contributed by atoms with E-state index in [1.54, 1.807) is 0 Å². The van der Waals surface area contributed by atoms with Crippen LogP contribution in [-0.4, -0.2) is 16.9 Å². The van der Waals surface area contributed by atoms with Crippen molar-refractivity contribution in [3.8, 4) is 0 Å². The van der Waals surface area contributed by atoms with E-state index in [4.69, 9.17) is 0 Å². The summed E-state index contributed by atoms with van der Waals surface area (Å²) in [5.41, 5.74) is 0. The molecule has 0 saturated heterocycles. The number of hydrogen-bond donors (Lipinski definition) is 0. The van der Waals surface area contributed by atoms with E-state index in [0.29, 0.717) is 5.25 Å². The summed E-state index contributed by atoms with van der Waals surface area (Å²) in [6.45, 7) is 3.92. The monoisotopic (exact) mass is 147 g/mol. The van der Waals surface area contributed by atoms with Gasteiger partial charge in [0.1, 0.15) is 0 Å². The fourth-order valence-corrected chi connectivity index (χ4v) is 0.793. The molecule has 0 aliphatic heterocycles. The lowest BCUT2D eigenvalue weighted by Gasteiger charge is -1.97. The fraction of sp³-hybridized carbons (Fsp3) is 0.800. The van der Waals surface area contributed by atoms with E-state index in [1.165, 1.54) is 11.8 Å². The quantitative estimate of drug-likeness (QED) is 0.567. The summed E-state index contributed by atoms with van der Waals surface area (Å²) in [6.07, 6.45) is 0. The molecule has 0 N–H and O–H groups in total. The molecule has 0 aromatic carbocycles. The van der Waals surface area contributed by atoms with Crippen LogP contribution in [0.5, 0.6) is 0 Å². The molecule has 0 saturated carbocycles. The number of rotatable bonds is 3. The van der Waals surface area contributed by atoms with Gasteiger partial charge in [0.05, 0.1) is 5.75 Å². The molecular formula is C5H9NO2S. The Bertz CT molecular complexity index is 114. The second-order valence-corrected chi connectivity index (χ2v) is 3.41. The Morgan fingerprint density at radius 2 is 2.22 bits per heavy atom. The standard InChI is InChI=1S/C5H9NO2S/c1-4(2)9-3-5(7)6-8/h4H,3H2,1-2H3. The third-order valence-corrected chi connectivity index (χ3v) is 1.72. The Hall–Kier alpha value is -0.380. The van der Waals surface area contributed by atoms with E-state index in [9.17, 15) is 9.70 Å². The van der Waals surface area contributed by atoms with Gasteiger partial charge >= 0.3 is 0 Å². The Labute approximate surface area is 58.2 Å². The largest absolute Gasteiger partial charge is 0.296 e. The fourth-order valence-electron chi connectivity index (χ4n) is 0.264. The SMILES string of the molecule is CC(C)SCC(=O)N=O. The molecule has 0 unspecified atom stereocenters. The van der Waals surface area contributed by atoms with Crippen LogP contribution in [-0.2, 0) is 4.79 Å². The molecule has 0 spiro atoms. The highest BCUT2D eigenvalue weighted by molar-refractivity contribution is 8.00. The normalized spacial score (nSPS) is 9.67. The zero-order chi connectivity index (χ0) is 7.28. The molecule has 0 heterocycles. The highest BCUT2D eigenvalue weighted by Gasteiger charge is 2.01. The van der Waals surface area contributed by atoms with E-state index >= 15 is 0 Å². The molecule has 0 radical (unpaired) electrons. The van der Waals surface area contributed by atoms with Crippen molar-refractivity contribution in [2.45, 2.75) is 19.1 Å². The minimum atomic E-state index is -0.575. The number of nitrogens with zero attached hydrogens (tertiary/aromatic N) is 1. The molecule has 0 bridgehead atoms. The number of nitroso groups, excluding NO2 is 1. The molecule has 4 heteroatoms. The second-order valence-electron chi connectivity index (χ2n) is 1.84. The summed E-state index contributed by atoms with van der Waals surface area (Å²) in [4.78, 5) is 19.7. The zero-order valence-electron chi connectivity index (χ0n) is 5.46. The second kappa shape index (κ2) is 4.49. The van der Waals surface area contributed by atoms with Crippen LogP contribution >= 0.6 is 11.8 Å². The molecule has 9 heavy (non-hydrogen) atoms. The Balaban J connectivity index is 3.27. The molecule has 3 nitrogen and oxygen atoms in total. The summed E-state index contributed by atoms with van der Waals surface area (Å²) in [5, 5.41) is 2.64. The molecule has 0 aromatic rings. The first-order valence-corrected chi connectivity index (χ1v) is 3.69. The van der Waals surface area contributed by atoms with E-state index in [1.807, 2.05) is 13.8 Å². The van der Waals surface area contributed by atoms with Crippen molar-refractivity contribution in [3.05, 3.63) is 4.91 Å². The Morgan fingerprint density at radius 3 is 2.56 bits per heavy atom. The summed E-state index contributed by atoms with van der Waals surface area (Å²) in [5.74, 6) is -0.366. The van der Waals surface area contributed by atoms with E-state index < -0.39 is 5.91 Å². The van der Waals surface area contributed by atoms with Gasteiger partial charge in [-0.1, -0.05) is 13.8 Å². The van der Waals surface area contributed by atoms with E-state index in [0.717, 1.165) is 0 Å². The van der Waals surface area contributed by atoms with Gasteiger partial charge in [0.25, 0.3) is 5.91 Å². The van der Waals surface area contributed by atoms with Gasteiger partial charge < -0.3 is 0 Å². The summed E-state index contributed by atoms with van der Waals surface area (Å²) >= 11 is 1.42. The van der Waals surface area contributed by atoms with Gasteiger partial charge in [-0.05, 0) is 5.25 Å². The Kier molecular flexibility index (Phi) is 4.30. The molecule has 0 aliphatic rings. The van der Waals surface area contributed by atoms with Gasteiger partial charge in [-0.25, -0.2) is 0 Å². The average molecular weight is 147 g/mol. The molecule has 0 fully saturated rings. The summed E-state index contributed by atoms with van der Waals surface area (Å²) in [7, 11) is 0. The van der Waals surface area contributed by atoms with Gasteiger partial charge in [-0.3, -0.25) is 4.79 Å². The predicted molar refractivity (Wildman–Crippen MR) is 38.4 cm³/mol. The maximum absolute atomic E-state index is 10.2. The highest BCUT2D eigenvalue weighted by atomic mass is 32.2. The molecule has 0 rings (SSSR count). The minimum absolute atomic E-state index is 0.209. The molecular weight excluding hydrogens is 138 g/mol. The van der Waals surface area contributed by atoms with Crippen molar-refractivity contribution < 1.29 is 4.79 Å². The minimum Gasteiger partial charge on any atom is -0.268 e. The molecule has 1 amide bonds. The van der Waals surface area contributed by atoms with Crippen LogP contribution in [0.1, 0.15) is 13.8 Å². The maximum atomic E-state index is 10.2. The topological polar surface area (TPSA) is 46.5 Å². The average Bonchev–Trinajstić information content (AvgIpc) is 1.83. The van der Waals surface area contributed by atoms with E-state index in [-0.39, 0.29) is 5.75 Å². The Morgan fingerprint density at radius 1 is 1.67 bits per heavy atom. The van der Waals surface area contributed by atoms with Crippen molar-refractivity contribution in [1.29, 1.82) is 0 Å². The smallest absolute Gasteiger partial charge is 0.268 e. The van der Waals surface area contributed by atoms with Crippen molar-refractivity contribution in [1.82, 2.24) is 0 Å². The van der Waals surface area contributed by atoms with Gasteiger partial charge in [0.2, 0.25) is 0 Å². The first-order chi connectivity index (χ1) is 4.16. The predicted octanol–water partition coefficient (Wildman–Crippen LogP) is 1.42. The number of thioether (sulfide) groups is 1. The molecule has 52 valence electrons. The van der Waals surface area contributed by atoms with Crippen LogP contribution in [0.2, 0.25) is 0 Å². The van der Waals surface area contributed by atoms with Crippen molar-refractivity contribution in [3.63, 3.8) is 0 Å². The van der Waals surface area contributed by atoms with Gasteiger partial charge in [-0.2, -0.15) is 0 Å². The van der Waals surface area contributed by atoms with Crippen LogP contribution in [0.25, 0.3) is 0 Å². The molecule has 0 aliphatic carbocycles. The maximum Gasteiger partial charge on any atom is 0.296 e. The van der Waals surface area contributed by atoms with Gasteiger partial charge in [0, 0.05) is 5.18 Å². The number of carbonyl (C=O) groups is 1. The first kappa shape index (κ1) is 8.62. The highest BCUT2D eigenvalue weighted by Crippen LogP contribution is 2.08. The lowest BCUT2D eigenvalue weighted by molar-refractivity contribution is -0.115. The number of hydrogen-bond acceptors (Lipinski definition) is 3. The molecule has 0 atom stereocenters. The van der Waals surface area contributed by atoms with Crippen LogP contribution in [0.15, 0.2) is 5.18 Å². The summed E-state index contributed by atoms with van der Waals surface area (Å²) in [6, 6.07) is 0. The molecule has 0 aromatic heterocycles. The van der Waals surface area contributed by atoms with Crippen LogP contribution in [0, 0.1) is 4.91 Å². The van der Waals surface area contributed by atoms with Gasteiger partial charge in [0.15, 0.2) is 0 Å². The van der Waals surface area contributed by atoms with Crippen LogP contribution in [0.3, 0.4) is 0 Å². The van der Waals surface area contributed by atoms with Crippen molar-refractivity contribution in [2.24, 2.45) is 5.18 Å². The van der Waals surface area contributed by atoms with Crippen molar-refractivity contribution in [2.75, 3.05) is 5.75 Å². The van der Waals surface area contributed by atoms with Gasteiger partial charge in [-0.15, -0.1) is 16.7 Å². The number of carbonyl (C=O) groups excluding carboxylic acids is 1. The van der Waals surface area contributed by atoms with Crippen molar-refractivity contribution >= 4 is 17.7 Å². The number of amides is 1. The van der Waals surface area contributed by atoms with Crippen LogP contribution in [0.4, 0.5) is 0 Å². The van der Waals surface area contributed by atoms with Crippen LogP contribution < -0.4 is 0 Å². The first-order valence-electron chi connectivity index (χ1n) is 2.64. The zero-order valence-corrected chi connectivity index (χ0v) is 6.27. The summed E-state index contributed by atoms with van der Waals surface area (Å²) < 4.78 is 0. The third-order valence-electron chi connectivity index (χ3n) is 0.642. The third kappa shape index (κ3) is 5.49. The lowest BCUT2D eigenvalue weighted by atomic mass is 10.6. The van der Waals surface area contributed by atoms with E-state index in [2.05, 4.69) is 5.18 Å². The lowest BCUT2D eigenvalue weighted by Crippen LogP contribution is -1.99.